The molecule has 0 spiro atoms. The third-order valence-corrected chi connectivity index (χ3v) is 3.76. The van der Waals surface area contributed by atoms with E-state index in [-0.39, 0.29) is 6.61 Å². The zero-order valence-corrected chi connectivity index (χ0v) is 9.53. The zero-order chi connectivity index (χ0) is 10.7. The van der Waals surface area contributed by atoms with E-state index in [9.17, 15) is 9.90 Å². The molecule has 1 fully saturated rings. The van der Waals surface area contributed by atoms with Crippen molar-refractivity contribution in [3.05, 3.63) is 0 Å². The van der Waals surface area contributed by atoms with Gasteiger partial charge in [-0.15, -0.1) is 0 Å². The van der Waals surface area contributed by atoms with Crippen molar-refractivity contribution in [1.29, 1.82) is 0 Å². The summed E-state index contributed by atoms with van der Waals surface area (Å²) >= 11 is -1.38. The molecule has 1 saturated heterocycles. The van der Waals surface area contributed by atoms with Gasteiger partial charge in [0.15, 0.2) is 0 Å². The van der Waals surface area contributed by atoms with Crippen LogP contribution in [0.2, 0.25) is 0 Å². The van der Waals surface area contributed by atoms with Crippen LogP contribution in [0.4, 0.5) is 0 Å². The summed E-state index contributed by atoms with van der Waals surface area (Å²) in [5.74, 6) is -1.53. The Morgan fingerprint density at radius 3 is 2.57 bits per heavy atom. The third-order valence-electron chi connectivity index (χ3n) is 1.80. The van der Waals surface area contributed by atoms with Crippen molar-refractivity contribution < 1.29 is 31.3 Å². The number of aliphatic hydroxyl groups is 3. The Balaban J connectivity index is 2.58. The first kappa shape index (κ1) is 12.2. The van der Waals surface area contributed by atoms with Crippen LogP contribution in [0.25, 0.3) is 0 Å². The number of carboxylic acids is 1. The molecule has 0 aromatic rings. The van der Waals surface area contributed by atoms with Crippen molar-refractivity contribution in [3.8, 4) is 0 Å². The molecular weight excluding hydrogens is 306 g/mol. The van der Waals surface area contributed by atoms with Crippen molar-refractivity contribution in [2.45, 2.75) is 24.4 Å². The number of aliphatic carboxylic acids is 1. The average Bonchev–Trinajstić information content (AvgIpc) is 2.62. The normalized spacial score (nSPS) is 31.4. The van der Waals surface area contributed by atoms with Crippen molar-refractivity contribution >= 4 is 28.4 Å². The van der Waals surface area contributed by atoms with Crippen LogP contribution in [-0.4, -0.2) is 79.9 Å². The van der Waals surface area contributed by atoms with Crippen molar-refractivity contribution in [3.63, 3.8) is 0 Å². The van der Waals surface area contributed by atoms with Gasteiger partial charge in [0.1, 0.15) is 0 Å². The molecule has 8 heteroatoms. The first-order chi connectivity index (χ1) is 6.57. The summed E-state index contributed by atoms with van der Waals surface area (Å²) in [6.45, 7) is -0.371. The molecule has 0 saturated carbocycles. The standard InChI is InChI=1S/C6H10O7.Sb/c7-1-2(8)3(9)4(10)5(11)6(12)13;/h2-5,7,10-11H,1H2,(H,12,13);/q-2;+2/t2-,3?,4+,5+;/m1./s1. The molecule has 14 heavy (non-hydrogen) atoms. The van der Waals surface area contributed by atoms with Gasteiger partial charge in [-0.25, -0.2) is 0 Å². The predicted octanol–water partition coefficient (Wildman–Crippen LogP) is -2.90. The molecule has 1 heterocycles. The van der Waals surface area contributed by atoms with Gasteiger partial charge in [0, 0.05) is 0 Å². The fourth-order valence-electron chi connectivity index (χ4n) is 1.00. The average molecular weight is 316 g/mol. The van der Waals surface area contributed by atoms with Gasteiger partial charge < -0.3 is 0 Å². The van der Waals surface area contributed by atoms with Crippen LogP contribution < -0.4 is 0 Å². The van der Waals surface area contributed by atoms with Gasteiger partial charge in [-0.2, -0.15) is 0 Å². The summed E-state index contributed by atoms with van der Waals surface area (Å²) in [5, 5.41) is 35.6. The van der Waals surface area contributed by atoms with E-state index in [0.717, 1.165) is 0 Å². The molecule has 1 unspecified atom stereocenters. The Morgan fingerprint density at radius 1 is 1.43 bits per heavy atom. The van der Waals surface area contributed by atoms with Crippen LogP contribution in [0.1, 0.15) is 0 Å². The Bertz CT molecular complexity index is 210. The number of aliphatic hydroxyl groups excluding tert-OH is 3. The fourth-order valence-corrected chi connectivity index (χ4v) is 3.02. The predicted molar refractivity (Wildman–Crippen MR) is 42.2 cm³/mol. The molecule has 1 aliphatic rings. The van der Waals surface area contributed by atoms with Crippen molar-refractivity contribution in [1.82, 2.24) is 0 Å². The summed E-state index contributed by atoms with van der Waals surface area (Å²) < 4.78 is 9.96. The van der Waals surface area contributed by atoms with Gasteiger partial charge in [0.25, 0.3) is 0 Å². The molecule has 4 atom stereocenters. The van der Waals surface area contributed by atoms with Gasteiger partial charge in [-0.3, -0.25) is 0 Å². The monoisotopic (exact) mass is 315 g/mol. The second-order valence-corrected chi connectivity index (χ2v) is 4.37. The Kier molecular flexibility index (Phi) is 4.56. The van der Waals surface area contributed by atoms with Gasteiger partial charge in [-0.1, -0.05) is 0 Å². The van der Waals surface area contributed by atoms with Crippen LogP contribution >= 0.6 is 0 Å². The maximum atomic E-state index is 10.3. The first-order valence-corrected chi connectivity index (χ1v) is 5.88. The number of carbonyl (C=O) groups is 1. The number of hydrogen-bond donors (Lipinski definition) is 4. The molecule has 0 aromatic heterocycles. The van der Waals surface area contributed by atoms with E-state index in [2.05, 4.69) is 0 Å². The van der Waals surface area contributed by atoms with E-state index < -0.39 is 52.8 Å². The van der Waals surface area contributed by atoms with Crippen LogP contribution in [0, 0.1) is 0 Å². The molecule has 1 aliphatic heterocycles. The number of rotatable bonds is 4. The topological polar surface area (TPSA) is 116 Å². The van der Waals surface area contributed by atoms with E-state index in [1.807, 2.05) is 0 Å². The molecule has 0 aliphatic carbocycles. The Labute approximate surface area is 90.9 Å². The summed E-state index contributed by atoms with van der Waals surface area (Å²) in [5.41, 5.74) is 0. The van der Waals surface area contributed by atoms with E-state index in [4.69, 9.17) is 21.4 Å². The van der Waals surface area contributed by atoms with Crippen LogP contribution in [0.15, 0.2) is 0 Å². The summed E-state index contributed by atoms with van der Waals surface area (Å²) in [4.78, 5) is 10.3. The second kappa shape index (κ2) is 5.25. The minimum absolute atomic E-state index is 0.371. The van der Waals surface area contributed by atoms with Crippen LogP contribution in [0.3, 0.4) is 0 Å². The molecule has 4 N–H and O–H groups in total. The summed E-state index contributed by atoms with van der Waals surface area (Å²) in [6, 6.07) is 0. The van der Waals surface area contributed by atoms with E-state index in [0.29, 0.717) is 0 Å². The zero-order valence-electron chi connectivity index (χ0n) is 6.98. The van der Waals surface area contributed by atoms with Gasteiger partial charge >= 0.3 is 90.7 Å². The SMILES string of the molecule is O=C(O)[C@@H](O)[C@@H](O)C1[O][Sb][O][C@@H]1CO. The minimum atomic E-state index is -1.92. The third kappa shape index (κ3) is 2.56. The molecule has 81 valence electrons. The quantitative estimate of drug-likeness (QED) is 0.411. The van der Waals surface area contributed by atoms with E-state index in [1.165, 1.54) is 0 Å². The fraction of sp³-hybridized carbons (Fsp3) is 0.833. The van der Waals surface area contributed by atoms with Crippen LogP contribution in [0.5, 0.6) is 0 Å². The molecular formula is C6H10O7Sb. The van der Waals surface area contributed by atoms with Crippen molar-refractivity contribution in [2.75, 3.05) is 6.61 Å². The molecule has 0 aromatic carbocycles. The maximum absolute atomic E-state index is 10.3. The summed E-state index contributed by atoms with van der Waals surface area (Å²) in [6.07, 6.45) is -5.20. The van der Waals surface area contributed by atoms with E-state index >= 15 is 0 Å². The number of hydrogen-bond acceptors (Lipinski definition) is 6. The second-order valence-electron chi connectivity index (χ2n) is 2.74. The number of carboxylic acid groups (broad SMARTS) is 1. The molecule has 1 rings (SSSR count). The van der Waals surface area contributed by atoms with Gasteiger partial charge in [0.2, 0.25) is 0 Å². The summed E-state index contributed by atoms with van der Waals surface area (Å²) in [7, 11) is 0. The molecule has 1 radical (unpaired) electrons. The molecule has 7 nitrogen and oxygen atoms in total. The Hall–Kier alpha value is 0.0882. The van der Waals surface area contributed by atoms with E-state index in [1.54, 1.807) is 0 Å². The molecule has 0 bridgehead atoms. The molecule has 0 amide bonds. The van der Waals surface area contributed by atoms with Crippen molar-refractivity contribution in [2.24, 2.45) is 0 Å². The first-order valence-electron chi connectivity index (χ1n) is 3.79. The van der Waals surface area contributed by atoms with Gasteiger partial charge in [-0.05, 0) is 0 Å². The van der Waals surface area contributed by atoms with Crippen LogP contribution in [-0.2, 0) is 10.8 Å². The van der Waals surface area contributed by atoms with Gasteiger partial charge in [0.05, 0.1) is 0 Å². The Morgan fingerprint density at radius 2 is 2.07 bits per heavy atom.